The Bertz CT molecular complexity index is 244. The van der Waals surface area contributed by atoms with Crippen molar-refractivity contribution in [1.29, 1.82) is 0 Å². The lowest BCUT2D eigenvalue weighted by atomic mass is 9.82. The summed E-state index contributed by atoms with van der Waals surface area (Å²) in [6.45, 7) is 2.03. The molecule has 2 rings (SSSR count). The molecule has 0 atom stereocenters. The van der Waals surface area contributed by atoms with Crippen molar-refractivity contribution in [3.63, 3.8) is 0 Å². The maximum atomic E-state index is 11.4. The molecular weight excluding hydrogens is 160 g/mol. The highest BCUT2D eigenvalue weighted by molar-refractivity contribution is 5.98. The van der Waals surface area contributed by atoms with Gasteiger partial charge >= 0.3 is 0 Å². The molecule has 0 aromatic carbocycles. The van der Waals surface area contributed by atoms with Gasteiger partial charge in [0.15, 0.2) is 5.78 Å². The fourth-order valence-electron chi connectivity index (χ4n) is 2.76. The van der Waals surface area contributed by atoms with Crippen molar-refractivity contribution < 1.29 is 4.79 Å². The molecule has 0 aromatic rings. The van der Waals surface area contributed by atoms with Gasteiger partial charge in [0, 0.05) is 6.42 Å². The molecule has 1 nitrogen and oxygen atoms in total. The van der Waals surface area contributed by atoms with E-state index < -0.39 is 0 Å². The molecule has 0 unspecified atom stereocenters. The van der Waals surface area contributed by atoms with Crippen molar-refractivity contribution in [1.82, 2.24) is 0 Å². The van der Waals surface area contributed by atoms with Gasteiger partial charge in [0.25, 0.3) is 0 Å². The maximum Gasteiger partial charge on any atom is 0.158 e. The third-order valence-corrected chi connectivity index (χ3v) is 3.62. The standard InChI is InChI=1S/C12H18O/c1-9-11(7-8-12(9)13)10-5-3-2-4-6-10/h10H,2-8H2,1H3. The van der Waals surface area contributed by atoms with Crippen LogP contribution < -0.4 is 0 Å². The van der Waals surface area contributed by atoms with Crippen molar-refractivity contribution in [3.05, 3.63) is 11.1 Å². The first kappa shape index (κ1) is 8.98. The molecule has 0 aromatic heterocycles. The summed E-state index contributed by atoms with van der Waals surface area (Å²) >= 11 is 0. The lowest BCUT2D eigenvalue weighted by molar-refractivity contribution is -0.114. The van der Waals surface area contributed by atoms with Crippen LogP contribution in [0.5, 0.6) is 0 Å². The molecule has 0 radical (unpaired) electrons. The van der Waals surface area contributed by atoms with Crippen molar-refractivity contribution in [2.45, 2.75) is 51.9 Å². The summed E-state index contributed by atoms with van der Waals surface area (Å²) in [5.74, 6) is 1.17. The molecule has 1 saturated carbocycles. The fourth-order valence-corrected chi connectivity index (χ4v) is 2.76. The first-order valence-corrected chi connectivity index (χ1v) is 5.52. The topological polar surface area (TPSA) is 17.1 Å². The lowest BCUT2D eigenvalue weighted by Crippen LogP contribution is -2.09. The van der Waals surface area contributed by atoms with Gasteiger partial charge in [-0.25, -0.2) is 0 Å². The van der Waals surface area contributed by atoms with E-state index in [0.29, 0.717) is 5.78 Å². The first-order valence-electron chi connectivity index (χ1n) is 5.52. The van der Waals surface area contributed by atoms with Crippen LogP contribution in [0.4, 0.5) is 0 Å². The van der Waals surface area contributed by atoms with Gasteiger partial charge in [-0.15, -0.1) is 0 Å². The van der Waals surface area contributed by atoms with Gasteiger partial charge in [0.05, 0.1) is 0 Å². The van der Waals surface area contributed by atoms with Gasteiger partial charge in [-0.2, -0.15) is 0 Å². The highest BCUT2D eigenvalue weighted by atomic mass is 16.1. The minimum absolute atomic E-state index is 0.403. The van der Waals surface area contributed by atoms with E-state index in [1.807, 2.05) is 6.92 Å². The molecule has 1 heteroatoms. The first-order chi connectivity index (χ1) is 6.29. The molecule has 2 aliphatic carbocycles. The van der Waals surface area contributed by atoms with Gasteiger partial charge in [0.1, 0.15) is 0 Å². The summed E-state index contributed by atoms with van der Waals surface area (Å²) in [7, 11) is 0. The predicted molar refractivity (Wildman–Crippen MR) is 53.5 cm³/mol. The van der Waals surface area contributed by atoms with Gasteiger partial charge in [-0.05, 0) is 37.7 Å². The summed E-state index contributed by atoms with van der Waals surface area (Å²) in [5.41, 5.74) is 2.61. The minimum atomic E-state index is 0.403. The predicted octanol–water partition coefficient (Wildman–Crippen LogP) is 3.25. The van der Waals surface area contributed by atoms with Crippen LogP contribution in [0, 0.1) is 5.92 Å². The molecule has 0 bridgehead atoms. The Balaban J connectivity index is 2.11. The molecule has 0 spiro atoms. The Morgan fingerprint density at radius 1 is 1.08 bits per heavy atom. The maximum absolute atomic E-state index is 11.4. The van der Waals surface area contributed by atoms with Gasteiger partial charge in [-0.3, -0.25) is 4.79 Å². The molecule has 0 heterocycles. The quantitative estimate of drug-likeness (QED) is 0.602. The second-order valence-electron chi connectivity index (χ2n) is 4.41. The Kier molecular flexibility index (Phi) is 2.52. The number of carbonyl (C=O) groups excluding carboxylic acids is 1. The summed E-state index contributed by atoms with van der Waals surface area (Å²) in [6.07, 6.45) is 8.66. The third kappa shape index (κ3) is 1.70. The molecule has 0 aliphatic heterocycles. The molecule has 0 amide bonds. The number of carbonyl (C=O) groups is 1. The number of Topliss-reactive ketones (excluding diaryl/α,β-unsaturated/α-hetero) is 1. The van der Waals surface area contributed by atoms with Crippen LogP contribution in [0.3, 0.4) is 0 Å². The average molecular weight is 178 g/mol. The van der Waals surface area contributed by atoms with Crippen molar-refractivity contribution in [2.24, 2.45) is 5.92 Å². The number of hydrogen-bond donors (Lipinski definition) is 0. The van der Waals surface area contributed by atoms with E-state index in [4.69, 9.17) is 0 Å². The molecule has 2 aliphatic rings. The zero-order chi connectivity index (χ0) is 9.26. The second-order valence-corrected chi connectivity index (χ2v) is 4.41. The van der Waals surface area contributed by atoms with Crippen LogP contribution in [0.1, 0.15) is 51.9 Å². The van der Waals surface area contributed by atoms with Gasteiger partial charge in [0.2, 0.25) is 0 Å². The average Bonchev–Trinajstić information content (AvgIpc) is 2.49. The van der Waals surface area contributed by atoms with Crippen molar-refractivity contribution in [3.8, 4) is 0 Å². The van der Waals surface area contributed by atoms with E-state index in [2.05, 4.69) is 0 Å². The fraction of sp³-hybridized carbons (Fsp3) is 0.750. The van der Waals surface area contributed by atoms with Gasteiger partial charge in [-0.1, -0.05) is 24.8 Å². The Labute approximate surface area is 80.2 Å². The monoisotopic (exact) mass is 178 g/mol. The van der Waals surface area contributed by atoms with E-state index in [1.165, 1.54) is 37.7 Å². The number of ketones is 1. The van der Waals surface area contributed by atoms with Crippen LogP contribution in [-0.2, 0) is 4.79 Å². The summed E-state index contributed by atoms with van der Waals surface area (Å²) in [5, 5.41) is 0. The van der Waals surface area contributed by atoms with Crippen LogP contribution in [-0.4, -0.2) is 5.78 Å². The molecule has 72 valence electrons. The van der Waals surface area contributed by atoms with E-state index in [0.717, 1.165) is 24.3 Å². The summed E-state index contributed by atoms with van der Waals surface area (Å²) < 4.78 is 0. The van der Waals surface area contributed by atoms with Gasteiger partial charge < -0.3 is 0 Å². The zero-order valence-corrected chi connectivity index (χ0v) is 8.44. The van der Waals surface area contributed by atoms with E-state index >= 15 is 0 Å². The molecule has 0 N–H and O–H groups in total. The highest BCUT2D eigenvalue weighted by Gasteiger charge is 2.26. The summed E-state index contributed by atoms with van der Waals surface area (Å²) in [6, 6.07) is 0. The van der Waals surface area contributed by atoms with E-state index in [9.17, 15) is 4.79 Å². The summed E-state index contributed by atoms with van der Waals surface area (Å²) in [4.78, 5) is 11.4. The Morgan fingerprint density at radius 3 is 2.31 bits per heavy atom. The Hall–Kier alpha value is -0.590. The SMILES string of the molecule is CC1=C(C2CCCCC2)CCC1=O. The molecule has 0 saturated heterocycles. The number of hydrogen-bond acceptors (Lipinski definition) is 1. The van der Waals surface area contributed by atoms with Crippen LogP contribution in [0.15, 0.2) is 11.1 Å². The van der Waals surface area contributed by atoms with Crippen LogP contribution in [0.25, 0.3) is 0 Å². The molecular formula is C12H18O. The van der Waals surface area contributed by atoms with Crippen LogP contribution in [0.2, 0.25) is 0 Å². The minimum Gasteiger partial charge on any atom is -0.295 e. The number of rotatable bonds is 1. The van der Waals surface area contributed by atoms with E-state index in [1.54, 1.807) is 0 Å². The normalized spacial score (nSPS) is 25.8. The largest absolute Gasteiger partial charge is 0.295 e. The lowest BCUT2D eigenvalue weighted by Gasteiger charge is -2.23. The zero-order valence-electron chi connectivity index (χ0n) is 8.44. The molecule has 13 heavy (non-hydrogen) atoms. The number of allylic oxidation sites excluding steroid dienone is 2. The smallest absolute Gasteiger partial charge is 0.158 e. The molecule has 1 fully saturated rings. The van der Waals surface area contributed by atoms with Crippen molar-refractivity contribution in [2.75, 3.05) is 0 Å². The highest BCUT2D eigenvalue weighted by Crippen LogP contribution is 2.37. The third-order valence-electron chi connectivity index (χ3n) is 3.62. The Morgan fingerprint density at radius 2 is 1.77 bits per heavy atom. The second kappa shape index (κ2) is 3.65. The van der Waals surface area contributed by atoms with Crippen molar-refractivity contribution >= 4 is 5.78 Å². The van der Waals surface area contributed by atoms with E-state index in [-0.39, 0.29) is 0 Å². The van der Waals surface area contributed by atoms with Crippen LogP contribution >= 0.6 is 0 Å².